The van der Waals surface area contributed by atoms with E-state index in [-0.39, 0.29) is 23.4 Å². The summed E-state index contributed by atoms with van der Waals surface area (Å²) in [5, 5.41) is 15.0. The molecule has 0 saturated heterocycles. The maximum absolute atomic E-state index is 11.3. The zero-order valence-corrected chi connectivity index (χ0v) is 14.8. The van der Waals surface area contributed by atoms with Gasteiger partial charge in [0.15, 0.2) is 11.5 Å². The van der Waals surface area contributed by atoms with E-state index >= 15 is 0 Å². The maximum atomic E-state index is 11.3. The first-order chi connectivity index (χ1) is 13.2. The van der Waals surface area contributed by atoms with Gasteiger partial charge in [0.05, 0.1) is 11.0 Å². The van der Waals surface area contributed by atoms with Crippen molar-refractivity contribution >= 4 is 11.4 Å². The zero-order valence-electron chi connectivity index (χ0n) is 14.8. The lowest BCUT2D eigenvalue weighted by Gasteiger charge is -2.43. The summed E-state index contributed by atoms with van der Waals surface area (Å²) < 4.78 is 11.1. The number of ether oxygens (including phenoxy) is 2. The molecule has 0 radical (unpaired) electrons. The lowest BCUT2D eigenvalue weighted by Crippen LogP contribution is -2.35. The summed E-state index contributed by atoms with van der Waals surface area (Å²) in [4.78, 5) is 11.0. The highest BCUT2D eigenvalue weighted by atomic mass is 16.7. The third kappa shape index (κ3) is 2.13. The molecule has 5 atom stereocenters. The van der Waals surface area contributed by atoms with Crippen LogP contribution in [0.25, 0.3) is 0 Å². The minimum absolute atomic E-state index is 0.193. The Balaban J connectivity index is 1.46. The smallest absolute Gasteiger partial charge is 0.269 e. The van der Waals surface area contributed by atoms with Crippen molar-refractivity contribution in [3.05, 3.63) is 57.6 Å². The fraction of sp³-hybridized carbons (Fsp3) is 0.429. The van der Waals surface area contributed by atoms with Gasteiger partial charge in [0.25, 0.3) is 5.69 Å². The molecule has 138 valence electrons. The summed E-state index contributed by atoms with van der Waals surface area (Å²) in [5.74, 6) is 3.79. The largest absolute Gasteiger partial charge is 0.454 e. The Morgan fingerprint density at radius 2 is 1.89 bits per heavy atom. The molecule has 6 heteroatoms. The molecule has 2 aromatic rings. The lowest BCUT2D eigenvalue weighted by atomic mass is 9.68. The van der Waals surface area contributed by atoms with Gasteiger partial charge in [-0.15, -0.1) is 0 Å². The summed E-state index contributed by atoms with van der Waals surface area (Å²) in [6.07, 6.45) is 3.74. The second-order valence-electron chi connectivity index (χ2n) is 8.20. The predicted molar refractivity (Wildman–Crippen MR) is 99.1 cm³/mol. The van der Waals surface area contributed by atoms with Crippen molar-refractivity contribution in [3.8, 4) is 11.5 Å². The van der Waals surface area contributed by atoms with Gasteiger partial charge in [-0.1, -0.05) is 6.07 Å². The molecule has 1 N–H and O–H groups in total. The number of rotatable bonds is 2. The van der Waals surface area contributed by atoms with Gasteiger partial charge in [0.1, 0.15) is 0 Å². The Hall–Kier alpha value is -2.76. The average molecular weight is 364 g/mol. The van der Waals surface area contributed by atoms with E-state index < -0.39 is 0 Å². The number of nitrogens with zero attached hydrogens (tertiary/aromatic N) is 1. The van der Waals surface area contributed by atoms with Crippen LogP contribution < -0.4 is 14.8 Å². The van der Waals surface area contributed by atoms with E-state index in [0.29, 0.717) is 23.7 Å². The van der Waals surface area contributed by atoms with Crippen molar-refractivity contribution in [2.24, 2.45) is 17.8 Å². The molecule has 2 fully saturated rings. The normalized spacial score (nSPS) is 31.9. The van der Waals surface area contributed by atoms with E-state index in [9.17, 15) is 10.1 Å². The zero-order chi connectivity index (χ0) is 18.1. The van der Waals surface area contributed by atoms with E-state index in [1.165, 1.54) is 24.8 Å². The van der Waals surface area contributed by atoms with Gasteiger partial charge in [-0.05, 0) is 72.3 Å². The number of anilines is 1. The van der Waals surface area contributed by atoms with Crippen LogP contribution in [0, 0.1) is 27.9 Å². The van der Waals surface area contributed by atoms with Crippen LogP contribution in [-0.4, -0.2) is 11.7 Å². The van der Waals surface area contributed by atoms with Gasteiger partial charge in [-0.25, -0.2) is 0 Å². The highest BCUT2D eigenvalue weighted by Gasteiger charge is 2.54. The number of hydrogen-bond donors (Lipinski definition) is 1. The van der Waals surface area contributed by atoms with E-state index in [0.717, 1.165) is 22.7 Å². The Morgan fingerprint density at radius 1 is 1.04 bits per heavy atom. The molecular formula is C21H20N2O4. The van der Waals surface area contributed by atoms with E-state index in [1.54, 1.807) is 12.1 Å². The minimum Gasteiger partial charge on any atom is -0.454 e. The molecule has 0 unspecified atom stereocenters. The molecular weight excluding hydrogens is 344 g/mol. The fourth-order valence-corrected chi connectivity index (χ4v) is 6.02. The average Bonchev–Trinajstić information content (AvgIpc) is 3.42. The van der Waals surface area contributed by atoms with Gasteiger partial charge >= 0.3 is 0 Å². The molecule has 2 bridgehead atoms. The molecule has 6 nitrogen and oxygen atoms in total. The van der Waals surface area contributed by atoms with Crippen molar-refractivity contribution in [2.45, 2.75) is 31.2 Å². The van der Waals surface area contributed by atoms with Crippen LogP contribution in [0.5, 0.6) is 11.5 Å². The van der Waals surface area contributed by atoms with Crippen LogP contribution in [0.2, 0.25) is 0 Å². The van der Waals surface area contributed by atoms with Gasteiger partial charge in [-0.2, -0.15) is 0 Å². The van der Waals surface area contributed by atoms with Gasteiger partial charge < -0.3 is 14.8 Å². The maximum Gasteiger partial charge on any atom is 0.269 e. The van der Waals surface area contributed by atoms with Crippen LogP contribution in [-0.2, 0) is 0 Å². The highest BCUT2D eigenvalue weighted by Crippen LogP contribution is 2.64. The molecule has 2 heterocycles. The van der Waals surface area contributed by atoms with Crippen LogP contribution in [0.3, 0.4) is 0 Å². The Bertz CT molecular complexity index is 959. The second-order valence-corrected chi connectivity index (χ2v) is 8.20. The molecule has 2 aliphatic heterocycles. The number of nitro groups is 1. The summed E-state index contributed by atoms with van der Waals surface area (Å²) >= 11 is 0. The number of fused-ring (bicyclic) bond motifs is 8. The topological polar surface area (TPSA) is 73.6 Å². The van der Waals surface area contributed by atoms with Crippen LogP contribution in [0.4, 0.5) is 11.4 Å². The molecule has 2 saturated carbocycles. The predicted octanol–water partition coefficient (Wildman–Crippen LogP) is 4.62. The summed E-state index contributed by atoms with van der Waals surface area (Å²) in [6.45, 7) is 0.278. The monoisotopic (exact) mass is 364 g/mol. The van der Waals surface area contributed by atoms with Crippen LogP contribution >= 0.6 is 0 Å². The van der Waals surface area contributed by atoms with Crippen molar-refractivity contribution in [3.63, 3.8) is 0 Å². The third-order valence-corrected chi connectivity index (χ3v) is 7.04. The third-order valence-electron chi connectivity index (χ3n) is 7.04. The van der Waals surface area contributed by atoms with Gasteiger partial charge in [-0.3, -0.25) is 10.1 Å². The SMILES string of the molecule is O=[N+]([O-])c1ccc2c(c1)[C@@H]1[C@H]3CC[C@@H](C3)[C@H]1[C@@H](c1ccc3c(c1)OCO3)N2. The number of nitro benzene ring substituents is 1. The Morgan fingerprint density at radius 3 is 2.78 bits per heavy atom. The molecule has 0 aromatic heterocycles. The summed E-state index contributed by atoms with van der Waals surface area (Å²) in [7, 11) is 0. The molecule has 2 aliphatic carbocycles. The number of hydrogen-bond acceptors (Lipinski definition) is 5. The first kappa shape index (κ1) is 15.3. The van der Waals surface area contributed by atoms with E-state index in [2.05, 4.69) is 17.4 Å². The van der Waals surface area contributed by atoms with Crippen molar-refractivity contribution in [2.75, 3.05) is 12.1 Å². The van der Waals surface area contributed by atoms with Crippen molar-refractivity contribution in [1.29, 1.82) is 0 Å². The number of nitrogens with one attached hydrogen (secondary N) is 1. The molecule has 0 spiro atoms. The highest BCUT2D eigenvalue weighted by molar-refractivity contribution is 5.62. The first-order valence-corrected chi connectivity index (χ1v) is 9.63. The van der Waals surface area contributed by atoms with E-state index in [1.807, 2.05) is 12.1 Å². The molecule has 0 amide bonds. The lowest BCUT2D eigenvalue weighted by molar-refractivity contribution is -0.384. The molecule has 27 heavy (non-hydrogen) atoms. The quantitative estimate of drug-likeness (QED) is 0.622. The van der Waals surface area contributed by atoms with Crippen LogP contribution in [0.15, 0.2) is 36.4 Å². The standard InChI is InChI=1S/C21H20N2O4/c24-23(25)14-4-5-16-15(9-14)19-11-1-2-12(7-11)20(19)21(22-16)13-3-6-17-18(8-13)27-10-26-17/h3-6,8-9,11-12,19-22H,1-2,7,10H2/t11-,12-,19-,20+,21+/m0/s1. The molecule has 4 aliphatic rings. The summed E-state index contributed by atoms with van der Waals surface area (Å²) in [6, 6.07) is 11.7. The first-order valence-electron chi connectivity index (χ1n) is 9.63. The Kier molecular flexibility index (Phi) is 3.05. The van der Waals surface area contributed by atoms with Gasteiger partial charge in [0.2, 0.25) is 6.79 Å². The van der Waals surface area contributed by atoms with Crippen molar-refractivity contribution < 1.29 is 14.4 Å². The van der Waals surface area contributed by atoms with Crippen LogP contribution in [0.1, 0.15) is 42.3 Å². The number of non-ortho nitro benzene ring substituents is 1. The van der Waals surface area contributed by atoms with Crippen molar-refractivity contribution in [1.82, 2.24) is 0 Å². The van der Waals surface area contributed by atoms with Gasteiger partial charge in [0, 0.05) is 17.8 Å². The molecule has 2 aromatic carbocycles. The summed E-state index contributed by atoms with van der Waals surface area (Å²) in [5.41, 5.74) is 3.58. The Labute approximate surface area is 156 Å². The fourth-order valence-electron chi connectivity index (χ4n) is 6.02. The minimum atomic E-state index is -0.285. The molecule has 6 rings (SSSR count). The number of benzene rings is 2. The van der Waals surface area contributed by atoms with E-state index in [4.69, 9.17) is 9.47 Å². The second kappa shape index (κ2) is 5.38.